The Morgan fingerprint density at radius 1 is 1.12 bits per heavy atom. The van der Waals surface area contributed by atoms with Crippen LogP contribution in [0.4, 0.5) is 0 Å². The van der Waals surface area contributed by atoms with Crippen LogP contribution < -0.4 is 0 Å². The monoisotopic (exact) mass is 338 g/mol. The number of carbonyl (C=O) groups excluding carboxylic acids is 2. The van der Waals surface area contributed by atoms with E-state index < -0.39 is 0 Å². The van der Waals surface area contributed by atoms with Crippen LogP contribution in [0, 0.1) is 0 Å². The summed E-state index contributed by atoms with van der Waals surface area (Å²) in [5.74, 6) is 0.199. The van der Waals surface area contributed by atoms with Crippen LogP contribution in [0.2, 0.25) is 0 Å². The maximum atomic E-state index is 11.5. The normalized spacial score (nSPS) is 23.4. The van der Waals surface area contributed by atoms with Crippen LogP contribution in [-0.4, -0.2) is 54.2 Å². The molecule has 4 rings (SSSR count). The van der Waals surface area contributed by atoms with Gasteiger partial charge >= 0.3 is 0 Å². The molecule has 3 aliphatic rings. The molecule has 2 heterocycles. The van der Waals surface area contributed by atoms with Crippen LogP contribution in [0.15, 0.2) is 30.3 Å². The van der Waals surface area contributed by atoms with E-state index in [0.29, 0.717) is 6.04 Å². The maximum Gasteiger partial charge on any atom is 0.219 e. The van der Waals surface area contributed by atoms with Crippen LogP contribution in [0.25, 0.3) is 5.57 Å². The van der Waals surface area contributed by atoms with Gasteiger partial charge in [0.25, 0.3) is 0 Å². The summed E-state index contributed by atoms with van der Waals surface area (Å²) in [5, 5.41) is 0. The van der Waals surface area contributed by atoms with Gasteiger partial charge in [-0.2, -0.15) is 0 Å². The largest absolute Gasteiger partial charge is 0.343 e. The first-order chi connectivity index (χ1) is 12.1. The SMILES string of the molecule is CC(=O)N1CCC(N2CCC3(C=C(C=O)c4ccccc43)CC2)CC1. The molecule has 4 nitrogen and oxygen atoms in total. The first-order valence-electron chi connectivity index (χ1n) is 9.40. The van der Waals surface area contributed by atoms with Crippen LogP contribution in [-0.2, 0) is 15.0 Å². The van der Waals surface area contributed by atoms with E-state index >= 15 is 0 Å². The van der Waals surface area contributed by atoms with Gasteiger partial charge in [-0.05, 0) is 49.9 Å². The Morgan fingerprint density at radius 2 is 1.80 bits per heavy atom. The first-order valence-corrected chi connectivity index (χ1v) is 9.40. The van der Waals surface area contributed by atoms with E-state index in [1.165, 1.54) is 5.56 Å². The molecule has 1 spiro atoms. The zero-order chi connectivity index (χ0) is 17.4. The third kappa shape index (κ3) is 2.82. The number of nitrogens with zero attached hydrogens (tertiary/aromatic N) is 2. The average Bonchev–Trinajstić information content (AvgIpc) is 2.96. The predicted octanol–water partition coefficient (Wildman–Crippen LogP) is 2.63. The molecule has 1 amide bonds. The number of carbonyl (C=O) groups is 2. The van der Waals surface area contributed by atoms with Gasteiger partial charge in [0.1, 0.15) is 6.29 Å². The summed E-state index contributed by atoms with van der Waals surface area (Å²) < 4.78 is 0. The zero-order valence-electron chi connectivity index (χ0n) is 14.9. The molecular formula is C21H26N2O2. The summed E-state index contributed by atoms with van der Waals surface area (Å²) >= 11 is 0. The standard InChI is InChI=1S/C21H26N2O2/c1-16(25)22-10-6-18(7-11-22)23-12-8-21(9-13-23)14-17(15-24)19-4-2-3-5-20(19)21/h2-5,14-15,18H,6-13H2,1H3. The lowest BCUT2D eigenvalue weighted by Gasteiger charge is -2.45. The summed E-state index contributed by atoms with van der Waals surface area (Å²) in [7, 11) is 0. The molecule has 0 unspecified atom stereocenters. The van der Waals surface area contributed by atoms with Gasteiger partial charge in [0.05, 0.1) is 0 Å². The molecule has 4 heteroatoms. The molecule has 0 N–H and O–H groups in total. The Hall–Kier alpha value is -1.94. The molecule has 0 aromatic heterocycles. The van der Waals surface area contributed by atoms with Crippen molar-refractivity contribution in [1.29, 1.82) is 0 Å². The topological polar surface area (TPSA) is 40.6 Å². The number of rotatable bonds is 2. The first kappa shape index (κ1) is 16.5. The highest BCUT2D eigenvalue weighted by Gasteiger charge is 2.41. The van der Waals surface area contributed by atoms with Gasteiger partial charge in [-0.3, -0.25) is 9.59 Å². The van der Waals surface area contributed by atoms with Crippen molar-refractivity contribution in [3.63, 3.8) is 0 Å². The fraction of sp³-hybridized carbons (Fsp3) is 0.524. The highest BCUT2D eigenvalue weighted by Crippen LogP contribution is 2.46. The lowest BCUT2D eigenvalue weighted by atomic mass is 9.74. The predicted molar refractivity (Wildman–Crippen MR) is 98.2 cm³/mol. The minimum atomic E-state index is 0.0451. The maximum absolute atomic E-state index is 11.5. The molecule has 1 aromatic rings. The smallest absolute Gasteiger partial charge is 0.219 e. The fourth-order valence-corrected chi connectivity index (χ4v) is 4.97. The number of likely N-dealkylation sites (tertiary alicyclic amines) is 2. The van der Waals surface area contributed by atoms with E-state index in [-0.39, 0.29) is 11.3 Å². The van der Waals surface area contributed by atoms with Crippen molar-refractivity contribution in [3.05, 3.63) is 41.5 Å². The van der Waals surface area contributed by atoms with E-state index in [2.05, 4.69) is 29.2 Å². The van der Waals surface area contributed by atoms with Crippen LogP contribution in [0.1, 0.15) is 43.7 Å². The number of allylic oxidation sites excluding steroid dienone is 2. The molecule has 2 aliphatic heterocycles. The lowest BCUT2D eigenvalue weighted by Crippen LogP contribution is -2.50. The van der Waals surface area contributed by atoms with Gasteiger partial charge in [0, 0.05) is 37.0 Å². The third-order valence-corrected chi connectivity index (χ3v) is 6.45. The summed E-state index contributed by atoms with van der Waals surface area (Å²) in [6.45, 7) is 5.59. The Labute approximate surface area is 149 Å². The Morgan fingerprint density at radius 3 is 2.44 bits per heavy atom. The molecular weight excluding hydrogens is 312 g/mol. The number of aldehydes is 1. The van der Waals surface area contributed by atoms with Gasteiger partial charge in [0.2, 0.25) is 5.91 Å². The van der Waals surface area contributed by atoms with Crippen molar-refractivity contribution in [2.45, 2.75) is 44.1 Å². The van der Waals surface area contributed by atoms with Gasteiger partial charge < -0.3 is 9.80 Å². The van der Waals surface area contributed by atoms with Gasteiger partial charge in [-0.15, -0.1) is 0 Å². The molecule has 132 valence electrons. The molecule has 1 aromatic carbocycles. The molecule has 2 fully saturated rings. The average molecular weight is 338 g/mol. The highest BCUT2D eigenvalue weighted by atomic mass is 16.2. The summed E-state index contributed by atoms with van der Waals surface area (Å²) in [4.78, 5) is 27.6. The summed E-state index contributed by atoms with van der Waals surface area (Å²) in [5.41, 5.74) is 3.37. The summed E-state index contributed by atoms with van der Waals surface area (Å²) in [6.07, 6.45) is 7.55. The molecule has 0 radical (unpaired) electrons. The van der Waals surface area contributed by atoms with E-state index in [4.69, 9.17) is 0 Å². The summed E-state index contributed by atoms with van der Waals surface area (Å²) in [6, 6.07) is 8.98. The second-order valence-corrected chi connectivity index (χ2v) is 7.69. The number of amides is 1. The Balaban J connectivity index is 1.45. The highest BCUT2D eigenvalue weighted by molar-refractivity contribution is 6.10. The van der Waals surface area contributed by atoms with Crippen molar-refractivity contribution < 1.29 is 9.59 Å². The number of piperidine rings is 2. The van der Waals surface area contributed by atoms with E-state index in [1.54, 1.807) is 6.92 Å². The van der Waals surface area contributed by atoms with Crippen molar-refractivity contribution in [3.8, 4) is 0 Å². The van der Waals surface area contributed by atoms with E-state index in [1.807, 2.05) is 11.0 Å². The molecule has 0 atom stereocenters. The second kappa shape index (κ2) is 6.41. The zero-order valence-corrected chi connectivity index (χ0v) is 14.9. The van der Waals surface area contributed by atoms with Crippen molar-refractivity contribution in [1.82, 2.24) is 9.80 Å². The molecule has 0 saturated carbocycles. The molecule has 25 heavy (non-hydrogen) atoms. The molecule has 0 bridgehead atoms. The number of fused-ring (bicyclic) bond motifs is 2. The number of hydrogen-bond acceptors (Lipinski definition) is 3. The second-order valence-electron chi connectivity index (χ2n) is 7.69. The van der Waals surface area contributed by atoms with Crippen LogP contribution in [0.5, 0.6) is 0 Å². The number of benzene rings is 1. The molecule has 1 aliphatic carbocycles. The van der Waals surface area contributed by atoms with Crippen molar-refractivity contribution >= 4 is 17.8 Å². The van der Waals surface area contributed by atoms with Crippen LogP contribution >= 0.6 is 0 Å². The van der Waals surface area contributed by atoms with Crippen molar-refractivity contribution in [2.75, 3.05) is 26.2 Å². The minimum absolute atomic E-state index is 0.0451. The Kier molecular flexibility index (Phi) is 4.24. The number of hydrogen-bond donors (Lipinski definition) is 0. The van der Waals surface area contributed by atoms with Crippen LogP contribution in [0.3, 0.4) is 0 Å². The van der Waals surface area contributed by atoms with Gasteiger partial charge in [0.15, 0.2) is 0 Å². The lowest BCUT2D eigenvalue weighted by molar-refractivity contribution is -0.130. The van der Waals surface area contributed by atoms with Gasteiger partial charge in [-0.1, -0.05) is 30.3 Å². The quantitative estimate of drug-likeness (QED) is 0.779. The van der Waals surface area contributed by atoms with E-state index in [0.717, 1.165) is 69.3 Å². The Bertz CT molecular complexity index is 708. The van der Waals surface area contributed by atoms with Gasteiger partial charge in [-0.25, -0.2) is 0 Å². The van der Waals surface area contributed by atoms with E-state index in [9.17, 15) is 9.59 Å². The minimum Gasteiger partial charge on any atom is -0.343 e. The fourth-order valence-electron chi connectivity index (χ4n) is 4.97. The third-order valence-electron chi connectivity index (χ3n) is 6.45. The molecule has 2 saturated heterocycles. The van der Waals surface area contributed by atoms with Crippen molar-refractivity contribution in [2.24, 2.45) is 0 Å².